The number of anilines is 1. The normalized spacial score (nSPS) is 11.2. The van der Waals surface area contributed by atoms with E-state index in [9.17, 15) is 14.9 Å². The minimum Gasteiger partial charge on any atom is -0.483 e. The molecule has 11 nitrogen and oxygen atoms in total. The number of thiophene rings is 1. The Bertz CT molecular complexity index is 1820. The Morgan fingerprint density at radius 2 is 2.03 bits per heavy atom. The number of hydrogen-bond acceptors (Lipinski definition) is 12. The lowest BCUT2D eigenvalue weighted by Gasteiger charge is -2.08. The van der Waals surface area contributed by atoms with Crippen molar-refractivity contribution in [3.63, 3.8) is 0 Å². The Morgan fingerprint density at radius 1 is 1.13 bits per heavy atom. The van der Waals surface area contributed by atoms with Gasteiger partial charge in [-0.05, 0) is 41.3 Å². The van der Waals surface area contributed by atoms with Gasteiger partial charge in [-0.3, -0.25) is 19.9 Å². The highest BCUT2D eigenvalue weighted by atomic mass is 32.2. The maximum absolute atomic E-state index is 12.4. The molecule has 0 atom stereocenters. The van der Waals surface area contributed by atoms with Crippen LogP contribution < -0.4 is 10.1 Å². The van der Waals surface area contributed by atoms with Gasteiger partial charge < -0.3 is 14.5 Å². The van der Waals surface area contributed by atoms with Gasteiger partial charge in [-0.15, -0.1) is 21.5 Å². The summed E-state index contributed by atoms with van der Waals surface area (Å²) in [6.07, 6.45) is 1.68. The molecule has 2 aromatic carbocycles. The Balaban J connectivity index is 1.06. The van der Waals surface area contributed by atoms with Gasteiger partial charge in [0, 0.05) is 28.6 Å². The molecule has 0 bridgehead atoms. The number of carbonyl (C=O) groups is 1. The van der Waals surface area contributed by atoms with Crippen LogP contribution in [-0.4, -0.2) is 36.7 Å². The molecule has 0 aliphatic heterocycles. The molecule has 6 aromatic rings. The zero-order chi connectivity index (χ0) is 26.8. The molecule has 6 rings (SSSR count). The fourth-order valence-electron chi connectivity index (χ4n) is 3.70. The molecule has 0 fully saturated rings. The molecular weight excluding hydrogens is 561 g/mol. The number of thiazole rings is 1. The second-order valence-electron chi connectivity index (χ2n) is 8.03. The maximum Gasteiger partial charge on any atom is 0.277 e. The number of thioether (sulfide) groups is 1. The number of nitrogens with zero attached hydrogens (tertiary/aromatic N) is 5. The number of nitro groups is 1. The van der Waals surface area contributed by atoms with Crippen molar-refractivity contribution in [2.24, 2.45) is 0 Å². The molecule has 0 aliphatic carbocycles. The number of ether oxygens (including phenoxy) is 1. The fraction of sp³-hybridized carbons (Fsp3) is 0.0800. The molecule has 0 saturated heterocycles. The van der Waals surface area contributed by atoms with Crippen LogP contribution in [0.25, 0.3) is 31.6 Å². The van der Waals surface area contributed by atoms with Crippen molar-refractivity contribution >= 4 is 72.3 Å². The first-order valence-electron chi connectivity index (χ1n) is 11.4. The minimum atomic E-state index is -0.473. The minimum absolute atomic E-state index is 0.0129. The Kier molecular flexibility index (Phi) is 6.87. The quantitative estimate of drug-likeness (QED) is 0.120. The summed E-state index contributed by atoms with van der Waals surface area (Å²) in [5.74, 6) is 0.602. The summed E-state index contributed by atoms with van der Waals surface area (Å²) in [6.45, 7) is 0.0555. The van der Waals surface area contributed by atoms with Crippen LogP contribution in [0, 0.1) is 10.1 Å². The third-order valence-electron chi connectivity index (χ3n) is 5.46. The van der Waals surface area contributed by atoms with Crippen molar-refractivity contribution in [1.82, 2.24) is 20.2 Å². The Hall–Kier alpha value is -4.40. The lowest BCUT2D eigenvalue weighted by molar-refractivity contribution is -0.384. The van der Waals surface area contributed by atoms with Crippen LogP contribution in [-0.2, 0) is 11.4 Å². The van der Waals surface area contributed by atoms with Crippen LogP contribution in [0.2, 0.25) is 0 Å². The summed E-state index contributed by atoms with van der Waals surface area (Å²) in [5.41, 5.74) is 2.43. The number of pyridine rings is 1. The third-order valence-corrected chi connectivity index (χ3v) is 8.13. The fourth-order valence-corrected chi connectivity index (χ4v) is 5.92. The molecule has 0 saturated carbocycles. The smallest absolute Gasteiger partial charge is 0.277 e. The van der Waals surface area contributed by atoms with Crippen molar-refractivity contribution in [1.29, 1.82) is 0 Å². The SMILES string of the molecule is O=C(CSc1nnc(COc2ccnc3ccc(-c4cccs4)cc23)o1)Nc1nc2ccc([N+](=O)[O-])cc2s1. The average Bonchev–Trinajstić information content (AvgIpc) is 3.71. The van der Waals surface area contributed by atoms with Crippen LogP contribution >= 0.6 is 34.4 Å². The van der Waals surface area contributed by atoms with Gasteiger partial charge in [0.15, 0.2) is 11.7 Å². The first-order valence-corrected chi connectivity index (χ1v) is 14.1. The number of amides is 1. The number of nitrogens with one attached hydrogen (secondary N) is 1. The number of rotatable bonds is 9. The van der Waals surface area contributed by atoms with Gasteiger partial charge in [0.05, 0.1) is 26.4 Å². The van der Waals surface area contributed by atoms with E-state index < -0.39 is 4.92 Å². The predicted octanol–water partition coefficient (Wildman–Crippen LogP) is 6.17. The number of aromatic nitrogens is 4. The second kappa shape index (κ2) is 10.8. The van der Waals surface area contributed by atoms with Gasteiger partial charge in [-0.2, -0.15) is 0 Å². The number of hydrogen-bond donors (Lipinski definition) is 1. The second-order valence-corrected chi connectivity index (χ2v) is 10.9. The summed E-state index contributed by atoms with van der Waals surface area (Å²) in [6, 6.07) is 16.3. The summed E-state index contributed by atoms with van der Waals surface area (Å²) >= 11 is 3.90. The molecule has 39 heavy (non-hydrogen) atoms. The van der Waals surface area contributed by atoms with E-state index in [0.29, 0.717) is 21.1 Å². The molecule has 1 amide bonds. The zero-order valence-electron chi connectivity index (χ0n) is 19.8. The van der Waals surface area contributed by atoms with Gasteiger partial charge in [0.1, 0.15) is 5.75 Å². The van der Waals surface area contributed by atoms with Crippen molar-refractivity contribution in [2.45, 2.75) is 11.8 Å². The molecule has 1 N–H and O–H groups in total. The monoisotopic (exact) mass is 576 g/mol. The molecule has 194 valence electrons. The third kappa shape index (κ3) is 5.57. The van der Waals surface area contributed by atoms with Gasteiger partial charge >= 0.3 is 0 Å². The van der Waals surface area contributed by atoms with E-state index >= 15 is 0 Å². The molecule has 0 radical (unpaired) electrons. The van der Waals surface area contributed by atoms with E-state index in [-0.39, 0.29) is 35.1 Å². The van der Waals surface area contributed by atoms with Crippen molar-refractivity contribution in [3.05, 3.63) is 82.2 Å². The van der Waals surface area contributed by atoms with Crippen LogP contribution in [0.4, 0.5) is 10.8 Å². The number of non-ortho nitro benzene ring substituents is 1. The molecule has 14 heteroatoms. The van der Waals surface area contributed by atoms with Gasteiger partial charge in [0.25, 0.3) is 16.8 Å². The highest BCUT2D eigenvalue weighted by molar-refractivity contribution is 7.99. The van der Waals surface area contributed by atoms with Crippen LogP contribution in [0.3, 0.4) is 0 Å². The summed E-state index contributed by atoms with van der Waals surface area (Å²) in [7, 11) is 0. The molecule has 0 aliphatic rings. The van der Waals surface area contributed by atoms with E-state index in [0.717, 1.165) is 44.4 Å². The number of carbonyl (C=O) groups excluding carboxylic acids is 1. The lowest BCUT2D eigenvalue weighted by atomic mass is 10.1. The van der Waals surface area contributed by atoms with Crippen molar-refractivity contribution < 1.29 is 18.9 Å². The Morgan fingerprint density at radius 3 is 2.87 bits per heavy atom. The predicted molar refractivity (Wildman–Crippen MR) is 149 cm³/mol. The van der Waals surface area contributed by atoms with E-state index in [1.54, 1.807) is 29.7 Å². The van der Waals surface area contributed by atoms with E-state index in [1.807, 2.05) is 29.6 Å². The zero-order valence-corrected chi connectivity index (χ0v) is 22.2. The number of fused-ring (bicyclic) bond motifs is 2. The molecule has 0 spiro atoms. The molecular formula is C25H16N6O5S3. The summed E-state index contributed by atoms with van der Waals surface area (Å²) in [4.78, 5) is 32.7. The Labute approximate surface area is 232 Å². The topological polar surface area (TPSA) is 146 Å². The van der Waals surface area contributed by atoms with Crippen LogP contribution in [0.15, 0.2) is 75.8 Å². The first-order chi connectivity index (χ1) is 19.0. The van der Waals surface area contributed by atoms with E-state index in [4.69, 9.17) is 9.15 Å². The molecule has 4 heterocycles. The highest BCUT2D eigenvalue weighted by Crippen LogP contribution is 2.32. The van der Waals surface area contributed by atoms with Crippen LogP contribution in [0.1, 0.15) is 5.89 Å². The molecule has 0 unspecified atom stereocenters. The summed E-state index contributed by atoms with van der Waals surface area (Å²) < 4.78 is 12.2. The van der Waals surface area contributed by atoms with Gasteiger partial charge in [-0.1, -0.05) is 35.2 Å². The number of nitro benzene ring substituents is 1. The highest BCUT2D eigenvalue weighted by Gasteiger charge is 2.15. The van der Waals surface area contributed by atoms with Crippen molar-refractivity contribution in [3.8, 4) is 16.2 Å². The van der Waals surface area contributed by atoms with Gasteiger partial charge in [-0.25, -0.2) is 4.98 Å². The largest absolute Gasteiger partial charge is 0.483 e. The van der Waals surface area contributed by atoms with E-state index in [1.165, 1.54) is 12.1 Å². The molecule has 4 aromatic heterocycles. The lowest BCUT2D eigenvalue weighted by Crippen LogP contribution is -2.13. The average molecular weight is 577 g/mol. The van der Waals surface area contributed by atoms with Gasteiger partial charge in [0.2, 0.25) is 5.91 Å². The number of benzene rings is 2. The van der Waals surface area contributed by atoms with Crippen LogP contribution in [0.5, 0.6) is 5.75 Å². The maximum atomic E-state index is 12.4. The summed E-state index contributed by atoms with van der Waals surface area (Å²) in [5, 5.41) is 25.1. The standard InChI is InChI=1S/C25H16N6O5S3/c32-22(28-24-27-18-6-4-15(31(33)34)11-21(18)39-24)13-38-25-30-29-23(36-25)12-35-19-7-8-26-17-5-3-14(10-16(17)19)20-2-1-9-37-20/h1-11H,12-13H2,(H,27,28,32). The van der Waals surface area contributed by atoms with E-state index in [2.05, 4.69) is 31.5 Å². The van der Waals surface area contributed by atoms with Crippen molar-refractivity contribution in [2.75, 3.05) is 11.1 Å². The first kappa shape index (κ1) is 24.9.